The maximum atomic E-state index is 11.3. The predicted octanol–water partition coefficient (Wildman–Crippen LogP) is 3.80. The molecule has 0 spiro atoms. The molecule has 1 fully saturated rings. The molecule has 4 nitrogen and oxygen atoms in total. The highest BCUT2D eigenvalue weighted by Gasteiger charge is 2.20. The number of aromatic carboxylic acids is 1. The van der Waals surface area contributed by atoms with Crippen LogP contribution < -0.4 is 5.32 Å². The van der Waals surface area contributed by atoms with Crippen LogP contribution in [0.5, 0.6) is 0 Å². The quantitative estimate of drug-likeness (QED) is 0.878. The summed E-state index contributed by atoms with van der Waals surface area (Å²) >= 11 is 0. The van der Waals surface area contributed by atoms with Crippen molar-refractivity contribution in [1.29, 1.82) is 0 Å². The van der Waals surface area contributed by atoms with Gasteiger partial charge in [0.05, 0.1) is 0 Å². The first-order chi connectivity index (χ1) is 10.3. The van der Waals surface area contributed by atoms with E-state index >= 15 is 0 Å². The zero-order valence-electron chi connectivity index (χ0n) is 12.1. The van der Waals surface area contributed by atoms with Crippen LogP contribution in [0.25, 0.3) is 11.0 Å². The van der Waals surface area contributed by atoms with Gasteiger partial charge in [0, 0.05) is 17.5 Å². The average Bonchev–Trinajstić information content (AvgIpc) is 2.88. The van der Waals surface area contributed by atoms with Crippen molar-refractivity contribution < 1.29 is 14.3 Å². The fraction of sp³-hybridized carbons (Fsp3) is 0.471. The second-order valence-electron chi connectivity index (χ2n) is 5.85. The van der Waals surface area contributed by atoms with Crippen molar-refractivity contribution in [1.82, 2.24) is 5.32 Å². The number of furan rings is 1. The van der Waals surface area contributed by atoms with Gasteiger partial charge in [0.2, 0.25) is 5.76 Å². The minimum atomic E-state index is -0.999. The first-order valence-electron chi connectivity index (χ1n) is 7.70. The molecule has 4 heteroatoms. The molecular weight excluding hydrogens is 266 g/mol. The van der Waals surface area contributed by atoms with Crippen LogP contribution in [-0.4, -0.2) is 17.6 Å². The number of fused-ring (bicyclic) bond motifs is 1. The van der Waals surface area contributed by atoms with Gasteiger partial charge in [-0.2, -0.15) is 0 Å². The number of carboxylic acid groups (broad SMARTS) is 1. The van der Waals surface area contributed by atoms with Crippen LogP contribution in [0.1, 0.15) is 48.2 Å². The van der Waals surface area contributed by atoms with E-state index in [-0.39, 0.29) is 5.76 Å². The summed E-state index contributed by atoms with van der Waals surface area (Å²) in [6.07, 6.45) is 6.56. The lowest BCUT2D eigenvalue weighted by Crippen LogP contribution is -2.24. The van der Waals surface area contributed by atoms with Crippen molar-refractivity contribution in [2.75, 3.05) is 6.54 Å². The van der Waals surface area contributed by atoms with Gasteiger partial charge in [-0.05, 0) is 31.4 Å². The fourth-order valence-electron chi connectivity index (χ4n) is 3.24. The summed E-state index contributed by atoms with van der Waals surface area (Å²) in [6, 6.07) is 7.50. The number of hydrogen-bond donors (Lipinski definition) is 2. The molecule has 1 heterocycles. The van der Waals surface area contributed by atoms with Crippen LogP contribution in [0.15, 0.2) is 28.7 Å². The van der Waals surface area contributed by atoms with Crippen molar-refractivity contribution >= 4 is 16.9 Å². The Morgan fingerprint density at radius 3 is 2.76 bits per heavy atom. The van der Waals surface area contributed by atoms with E-state index in [0.717, 1.165) is 23.4 Å². The van der Waals surface area contributed by atoms with E-state index < -0.39 is 5.97 Å². The van der Waals surface area contributed by atoms with Gasteiger partial charge in [-0.15, -0.1) is 0 Å². The Morgan fingerprint density at radius 1 is 1.24 bits per heavy atom. The highest BCUT2D eigenvalue weighted by atomic mass is 16.4. The Kier molecular flexibility index (Phi) is 4.25. The number of rotatable bonds is 5. The minimum Gasteiger partial charge on any atom is -0.475 e. The molecule has 0 unspecified atom stereocenters. The van der Waals surface area contributed by atoms with Gasteiger partial charge in [-0.1, -0.05) is 37.5 Å². The lowest BCUT2D eigenvalue weighted by Gasteiger charge is -2.21. The third-order valence-electron chi connectivity index (χ3n) is 4.35. The van der Waals surface area contributed by atoms with Crippen LogP contribution in [0.3, 0.4) is 0 Å². The first-order valence-corrected chi connectivity index (χ1v) is 7.70. The number of benzene rings is 1. The maximum absolute atomic E-state index is 11.3. The highest BCUT2D eigenvalue weighted by Crippen LogP contribution is 2.26. The molecule has 0 atom stereocenters. The van der Waals surface area contributed by atoms with Crippen LogP contribution in [0.4, 0.5) is 0 Å². The van der Waals surface area contributed by atoms with Gasteiger partial charge in [-0.25, -0.2) is 4.79 Å². The average molecular weight is 287 g/mol. The molecule has 0 saturated heterocycles. The normalized spacial score (nSPS) is 16.4. The smallest absolute Gasteiger partial charge is 0.372 e. The summed E-state index contributed by atoms with van der Waals surface area (Å²) in [5, 5.41) is 13.6. The summed E-state index contributed by atoms with van der Waals surface area (Å²) in [4.78, 5) is 11.3. The molecule has 1 saturated carbocycles. The molecule has 1 aliphatic rings. The minimum absolute atomic E-state index is 0.0624. The monoisotopic (exact) mass is 287 g/mol. The topological polar surface area (TPSA) is 62.5 Å². The lowest BCUT2D eigenvalue weighted by atomic mass is 9.89. The molecule has 21 heavy (non-hydrogen) atoms. The number of nitrogens with one attached hydrogen (secondary N) is 1. The molecule has 112 valence electrons. The fourth-order valence-corrected chi connectivity index (χ4v) is 3.24. The van der Waals surface area contributed by atoms with Crippen LogP contribution in [0.2, 0.25) is 0 Å². The lowest BCUT2D eigenvalue weighted by molar-refractivity contribution is 0.0663. The van der Waals surface area contributed by atoms with E-state index in [0.29, 0.717) is 12.1 Å². The molecule has 0 bridgehead atoms. The van der Waals surface area contributed by atoms with E-state index in [1.165, 1.54) is 32.1 Å². The van der Waals surface area contributed by atoms with Crippen molar-refractivity contribution in [3.05, 3.63) is 35.6 Å². The summed E-state index contributed by atoms with van der Waals surface area (Å²) < 4.78 is 5.46. The molecule has 1 aromatic carbocycles. The molecule has 1 aliphatic carbocycles. The first kappa shape index (κ1) is 14.1. The number of carboxylic acids is 1. The van der Waals surface area contributed by atoms with Gasteiger partial charge < -0.3 is 14.8 Å². The third-order valence-corrected chi connectivity index (χ3v) is 4.35. The summed E-state index contributed by atoms with van der Waals surface area (Å²) in [6.45, 7) is 1.51. The summed E-state index contributed by atoms with van der Waals surface area (Å²) in [7, 11) is 0. The van der Waals surface area contributed by atoms with Crippen molar-refractivity contribution in [3.63, 3.8) is 0 Å². The van der Waals surface area contributed by atoms with Crippen LogP contribution >= 0.6 is 0 Å². The van der Waals surface area contributed by atoms with E-state index in [1.807, 2.05) is 24.3 Å². The van der Waals surface area contributed by atoms with Gasteiger partial charge in [-0.3, -0.25) is 0 Å². The number of carbonyl (C=O) groups is 1. The Labute approximate surface area is 124 Å². The highest BCUT2D eigenvalue weighted by molar-refractivity contribution is 5.95. The van der Waals surface area contributed by atoms with Gasteiger partial charge in [0.15, 0.2) is 0 Å². The SMILES string of the molecule is O=C(O)c1oc2ccccc2c1CNCC1CCCCC1. The van der Waals surface area contributed by atoms with Gasteiger partial charge in [0.1, 0.15) is 5.58 Å². The summed E-state index contributed by atoms with van der Waals surface area (Å²) in [5.74, 6) is -0.210. The number of hydrogen-bond acceptors (Lipinski definition) is 3. The molecule has 0 amide bonds. The zero-order valence-corrected chi connectivity index (χ0v) is 12.1. The summed E-state index contributed by atoms with van der Waals surface area (Å²) in [5.41, 5.74) is 1.40. The largest absolute Gasteiger partial charge is 0.475 e. The second kappa shape index (κ2) is 6.31. The Balaban J connectivity index is 1.72. The van der Waals surface area contributed by atoms with Crippen LogP contribution in [0, 0.1) is 5.92 Å². The van der Waals surface area contributed by atoms with E-state index in [4.69, 9.17) is 4.42 Å². The molecule has 2 aromatic rings. The van der Waals surface area contributed by atoms with Crippen molar-refractivity contribution in [2.45, 2.75) is 38.6 Å². The maximum Gasteiger partial charge on any atom is 0.372 e. The number of para-hydroxylation sites is 1. The van der Waals surface area contributed by atoms with Crippen LogP contribution in [-0.2, 0) is 6.54 Å². The Morgan fingerprint density at radius 2 is 2.00 bits per heavy atom. The molecule has 3 rings (SSSR count). The zero-order chi connectivity index (χ0) is 14.7. The molecule has 1 aromatic heterocycles. The molecular formula is C17H21NO3. The van der Waals surface area contributed by atoms with Gasteiger partial charge in [0.25, 0.3) is 0 Å². The predicted molar refractivity (Wildman–Crippen MR) is 81.5 cm³/mol. The van der Waals surface area contributed by atoms with E-state index in [1.54, 1.807) is 0 Å². The van der Waals surface area contributed by atoms with Crippen molar-refractivity contribution in [2.24, 2.45) is 5.92 Å². The van der Waals surface area contributed by atoms with Gasteiger partial charge >= 0.3 is 5.97 Å². The van der Waals surface area contributed by atoms with E-state index in [2.05, 4.69) is 5.32 Å². The Hall–Kier alpha value is -1.81. The Bertz CT molecular complexity index is 626. The molecule has 0 radical (unpaired) electrons. The van der Waals surface area contributed by atoms with Crippen molar-refractivity contribution in [3.8, 4) is 0 Å². The second-order valence-corrected chi connectivity index (χ2v) is 5.85. The van der Waals surface area contributed by atoms with E-state index in [9.17, 15) is 9.90 Å². The third kappa shape index (κ3) is 3.10. The molecule has 0 aliphatic heterocycles. The standard InChI is InChI=1S/C17H21NO3/c19-17(20)16-14(13-8-4-5-9-15(13)21-16)11-18-10-12-6-2-1-3-7-12/h4-5,8-9,12,18H,1-3,6-7,10-11H2,(H,19,20). The molecule has 2 N–H and O–H groups in total.